The molecule has 5 nitrogen and oxygen atoms in total. The highest BCUT2D eigenvalue weighted by Gasteiger charge is 2.71. The van der Waals surface area contributed by atoms with Crippen LogP contribution in [0.1, 0.15) is 85.5 Å². The van der Waals surface area contributed by atoms with Crippen LogP contribution in [0.15, 0.2) is 0 Å². The van der Waals surface area contributed by atoms with Crippen molar-refractivity contribution < 1.29 is 24.4 Å². The molecule has 6 fully saturated rings. The molecule has 13 atom stereocenters. The maximum absolute atomic E-state index is 11.1. The number of hydrogen-bond acceptors (Lipinski definition) is 5. The Hall–Kier alpha value is -0.200. The number of methoxy groups -OCH3 is 1. The normalized spacial score (nSPS) is 62.5. The van der Waals surface area contributed by atoms with Crippen LogP contribution in [0.2, 0.25) is 0 Å². The molecule has 4 aliphatic carbocycles. The topological polar surface area (TPSA) is 68.2 Å². The number of fused-ring (bicyclic) bond motifs is 7. The fourth-order valence-electron chi connectivity index (χ4n) is 10.6. The molecular formula is C28H46O5. The summed E-state index contributed by atoms with van der Waals surface area (Å²) in [6, 6.07) is 0. The van der Waals surface area contributed by atoms with Crippen LogP contribution in [0.5, 0.6) is 0 Å². The van der Waals surface area contributed by atoms with Gasteiger partial charge in [-0.1, -0.05) is 20.8 Å². The van der Waals surface area contributed by atoms with Gasteiger partial charge in [-0.2, -0.15) is 0 Å². The molecule has 2 saturated heterocycles. The molecule has 4 saturated carbocycles. The predicted octanol–water partition coefficient (Wildman–Crippen LogP) is 4.53. The summed E-state index contributed by atoms with van der Waals surface area (Å²) in [7, 11) is 1.89. The molecule has 6 aliphatic rings. The van der Waals surface area contributed by atoms with Crippen LogP contribution >= 0.6 is 0 Å². The van der Waals surface area contributed by atoms with Crippen molar-refractivity contribution in [2.45, 2.75) is 115 Å². The van der Waals surface area contributed by atoms with Crippen LogP contribution in [0, 0.1) is 46.3 Å². The monoisotopic (exact) mass is 462 g/mol. The highest BCUT2D eigenvalue weighted by molar-refractivity contribution is 5.16. The Labute approximate surface area is 199 Å². The van der Waals surface area contributed by atoms with Gasteiger partial charge in [0.2, 0.25) is 0 Å². The van der Waals surface area contributed by atoms with Gasteiger partial charge in [-0.25, -0.2) is 0 Å². The van der Waals surface area contributed by atoms with E-state index in [1.54, 1.807) is 6.92 Å². The standard InChI is InChI=1S/C28H46O5/c1-16-24-22(33-28(16)23(29)14-25(2,30)15-32-28)13-21-19-7-6-17-12-18(31-5)8-10-26(17,3)20(19)9-11-27(21,24)4/h16-24,29-30H,6-15H2,1-5H3/t16-,17-,18-,19+,20-,21-,22-,23+,24-,25-,26-,27-,28+/m0/s1. The minimum Gasteiger partial charge on any atom is -0.388 e. The van der Waals surface area contributed by atoms with E-state index in [1.807, 2.05) is 7.11 Å². The molecule has 0 aromatic heterocycles. The molecule has 2 heterocycles. The van der Waals surface area contributed by atoms with E-state index in [4.69, 9.17) is 14.2 Å². The molecule has 6 rings (SSSR count). The number of ether oxygens (including phenoxy) is 3. The lowest BCUT2D eigenvalue weighted by Crippen LogP contribution is -2.60. The molecule has 188 valence electrons. The quantitative estimate of drug-likeness (QED) is 0.599. The largest absolute Gasteiger partial charge is 0.388 e. The van der Waals surface area contributed by atoms with Gasteiger partial charge in [0.05, 0.1) is 24.4 Å². The second-order valence-corrected chi connectivity index (χ2v) is 13.8. The molecule has 0 radical (unpaired) electrons. The Balaban J connectivity index is 1.25. The maximum atomic E-state index is 11.1. The smallest absolute Gasteiger partial charge is 0.197 e. The van der Waals surface area contributed by atoms with Gasteiger partial charge in [0.15, 0.2) is 5.79 Å². The van der Waals surface area contributed by atoms with E-state index in [0.717, 1.165) is 24.2 Å². The molecule has 0 amide bonds. The van der Waals surface area contributed by atoms with Crippen LogP contribution in [0.25, 0.3) is 0 Å². The van der Waals surface area contributed by atoms with Crippen molar-refractivity contribution in [2.24, 2.45) is 46.3 Å². The van der Waals surface area contributed by atoms with Crippen molar-refractivity contribution >= 4 is 0 Å². The zero-order valence-electron chi connectivity index (χ0n) is 21.4. The van der Waals surface area contributed by atoms with Gasteiger partial charge >= 0.3 is 0 Å². The first-order valence-electron chi connectivity index (χ1n) is 13.8. The van der Waals surface area contributed by atoms with Crippen molar-refractivity contribution in [3.63, 3.8) is 0 Å². The Kier molecular flexibility index (Phi) is 5.21. The predicted molar refractivity (Wildman–Crippen MR) is 125 cm³/mol. The van der Waals surface area contributed by atoms with E-state index < -0.39 is 17.5 Å². The van der Waals surface area contributed by atoms with E-state index >= 15 is 0 Å². The molecular weight excluding hydrogens is 416 g/mol. The van der Waals surface area contributed by atoms with Crippen LogP contribution in [0.4, 0.5) is 0 Å². The van der Waals surface area contributed by atoms with Crippen molar-refractivity contribution in [2.75, 3.05) is 13.7 Å². The summed E-state index contributed by atoms with van der Waals surface area (Å²) < 4.78 is 18.7. The molecule has 0 aromatic rings. The highest BCUT2D eigenvalue weighted by atomic mass is 16.7. The lowest BCUT2D eigenvalue weighted by Gasteiger charge is -2.61. The summed E-state index contributed by atoms with van der Waals surface area (Å²) in [5.41, 5.74) is -0.254. The first kappa shape index (κ1) is 23.2. The number of hydrogen-bond donors (Lipinski definition) is 2. The third-order valence-corrected chi connectivity index (χ3v) is 12.3. The van der Waals surface area contributed by atoms with Gasteiger partial charge in [0.25, 0.3) is 0 Å². The number of rotatable bonds is 1. The van der Waals surface area contributed by atoms with Gasteiger partial charge in [-0.15, -0.1) is 0 Å². The van der Waals surface area contributed by atoms with Crippen LogP contribution in [-0.4, -0.2) is 53.6 Å². The molecule has 2 aliphatic heterocycles. The summed E-state index contributed by atoms with van der Waals surface area (Å²) >= 11 is 0. The Morgan fingerprint density at radius 3 is 2.42 bits per heavy atom. The average molecular weight is 463 g/mol. The third-order valence-electron chi connectivity index (χ3n) is 12.3. The number of aliphatic hydroxyl groups excluding tert-OH is 1. The zero-order chi connectivity index (χ0) is 23.4. The van der Waals surface area contributed by atoms with Gasteiger partial charge < -0.3 is 24.4 Å². The van der Waals surface area contributed by atoms with Crippen molar-refractivity contribution in [3.05, 3.63) is 0 Å². The summed E-state index contributed by atoms with van der Waals surface area (Å²) in [4.78, 5) is 0. The number of aliphatic hydroxyl groups is 2. The second kappa shape index (κ2) is 7.41. The molecule has 0 bridgehead atoms. The molecule has 33 heavy (non-hydrogen) atoms. The second-order valence-electron chi connectivity index (χ2n) is 13.8. The fraction of sp³-hybridized carbons (Fsp3) is 1.00. The first-order valence-corrected chi connectivity index (χ1v) is 13.8. The first-order chi connectivity index (χ1) is 15.5. The summed E-state index contributed by atoms with van der Waals surface area (Å²) in [6.07, 6.45) is 10.4. The SMILES string of the molecule is CO[C@H]1CC[C@@]2(C)[C@@H](CC[C@@H]3[C@@H]2CC[C@]2(C)[C@@H]4[C@H](C[C@@H]32)O[C@]2(OC[C@@](C)(O)C[C@H]2O)[C@H]4C)C1. The van der Waals surface area contributed by atoms with Crippen molar-refractivity contribution in [1.82, 2.24) is 0 Å². The van der Waals surface area contributed by atoms with Crippen LogP contribution < -0.4 is 0 Å². The molecule has 0 aromatic carbocycles. The van der Waals surface area contributed by atoms with Gasteiger partial charge in [-0.05, 0) is 98.7 Å². The fourth-order valence-corrected chi connectivity index (χ4v) is 10.6. The average Bonchev–Trinajstić information content (AvgIpc) is 3.22. The van der Waals surface area contributed by atoms with Gasteiger partial charge in [-0.3, -0.25) is 0 Å². The van der Waals surface area contributed by atoms with E-state index in [0.29, 0.717) is 29.8 Å². The Bertz CT molecular complexity index is 784. The Morgan fingerprint density at radius 1 is 0.939 bits per heavy atom. The lowest BCUT2D eigenvalue weighted by atomic mass is 9.44. The molecule has 2 N–H and O–H groups in total. The third kappa shape index (κ3) is 3.08. The van der Waals surface area contributed by atoms with Crippen LogP contribution in [-0.2, 0) is 14.2 Å². The minimum absolute atomic E-state index is 0.143. The van der Waals surface area contributed by atoms with Crippen LogP contribution in [0.3, 0.4) is 0 Å². The van der Waals surface area contributed by atoms with E-state index in [1.165, 1.54) is 44.9 Å². The van der Waals surface area contributed by atoms with E-state index in [-0.39, 0.29) is 24.0 Å². The maximum Gasteiger partial charge on any atom is 0.197 e. The summed E-state index contributed by atoms with van der Waals surface area (Å²) in [6.45, 7) is 9.39. The lowest BCUT2D eigenvalue weighted by molar-refractivity contribution is -0.335. The van der Waals surface area contributed by atoms with Crippen molar-refractivity contribution in [1.29, 1.82) is 0 Å². The zero-order valence-corrected chi connectivity index (χ0v) is 21.4. The Morgan fingerprint density at radius 2 is 1.70 bits per heavy atom. The molecule has 1 spiro atoms. The summed E-state index contributed by atoms with van der Waals surface area (Å²) in [5, 5.41) is 21.5. The highest BCUT2D eigenvalue weighted by Crippen LogP contribution is 2.71. The summed E-state index contributed by atoms with van der Waals surface area (Å²) in [5.74, 6) is 2.80. The van der Waals surface area contributed by atoms with Crippen molar-refractivity contribution in [3.8, 4) is 0 Å². The van der Waals surface area contributed by atoms with E-state index in [9.17, 15) is 10.2 Å². The van der Waals surface area contributed by atoms with Gasteiger partial charge in [0.1, 0.15) is 6.10 Å². The molecule has 0 unspecified atom stereocenters. The van der Waals surface area contributed by atoms with Gasteiger partial charge in [0, 0.05) is 19.4 Å². The minimum atomic E-state index is -0.980. The van der Waals surface area contributed by atoms with E-state index in [2.05, 4.69) is 20.8 Å². The molecule has 5 heteroatoms.